The summed E-state index contributed by atoms with van der Waals surface area (Å²) in [6.45, 7) is 38.7. The molecule has 0 N–H and O–H groups in total. The van der Waals surface area contributed by atoms with E-state index in [0.717, 1.165) is 112 Å². The molecule has 0 amide bonds. The summed E-state index contributed by atoms with van der Waals surface area (Å²) in [6.07, 6.45) is 23.4. The number of unbranched alkanes of at least 4 members (excludes halogenated alkanes) is 5. The summed E-state index contributed by atoms with van der Waals surface area (Å²) in [5.41, 5.74) is 0. The Morgan fingerprint density at radius 2 is 1.08 bits per heavy atom. The Morgan fingerprint density at radius 1 is 0.500 bits per heavy atom. The minimum absolute atomic E-state index is 0.789. The van der Waals surface area contributed by atoms with Crippen LogP contribution in [0, 0.1) is 112 Å². The van der Waals surface area contributed by atoms with E-state index < -0.39 is 0 Å². The van der Waals surface area contributed by atoms with Gasteiger partial charge in [0, 0.05) is 0 Å². The van der Waals surface area contributed by atoms with Crippen LogP contribution >= 0.6 is 0 Å². The summed E-state index contributed by atoms with van der Waals surface area (Å²) in [7, 11) is 0. The summed E-state index contributed by atoms with van der Waals surface area (Å²) in [4.78, 5) is 0. The fourth-order valence-electron chi connectivity index (χ4n) is 12.9. The van der Waals surface area contributed by atoms with Gasteiger partial charge in [0.1, 0.15) is 0 Å². The minimum Gasteiger partial charge on any atom is -0.0654 e. The standard InChI is InChI=1S/C50H96/c1-16-19-20-21-22-23-25-44(43(15)42(14)41(13)40(12)39(11)37(9)32(4)17-2)35(7)30-36(8)48-31-49(48)50-46(38(10)33(5)18-3)26-24-27-47(50)45-29-28-34(45)6/h32-50H,16-31H2,1-15H3. The fraction of sp³-hybridized carbons (Fsp3) is 1.00. The third-order valence-electron chi connectivity index (χ3n) is 18.4. The van der Waals surface area contributed by atoms with Crippen LogP contribution in [0.2, 0.25) is 0 Å². The molecule has 296 valence electrons. The zero-order valence-electron chi connectivity index (χ0n) is 37.3. The highest BCUT2D eigenvalue weighted by atomic mass is 14.6. The van der Waals surface area contributed by atoms with Crippen LogP contribution < -0.4 is 0 Å². The van der Waals surface area contributed by atoms with Gasteiger partial charge in [0.25, 0.3) is 0 Å². The van der Waals surface area contributed by atoms with Crippen molar-refractivity contribution in [1.82, 2.24) is 0 Å². The van der Waals surface area contributed by atoms with E-state index in [1.54, 1.807) is 19.3 Å². The molecule has 19 atom stereocenters. The van der Waals surface area contributed by atoms with Crippen molar-refractivity contribution < 1.29 is 0 Å². The maximum Gasteiger partial charge on any atom is -0.0321 e. The first kappa shape index (κ1) is 44.4. The third kappa shape index (κ3) is 11.3. The molecular weight excluding hydrogens is 601 g/mol. The normalized spacial score (nSPS) is 34.3. The lowest BCUT2D eigenvalue weighted by atomic mass is 9.54. The van der Waals surface area contributed by atoms with Gasteiger partial charge in [0.05, 0.1) is 0 Å². The van der Waals surface area contributed by atoms with Crippen LogP contribution in [-0.4, -0.2) is 0 Å². The molecular formula is C50H96. The van der Waals surface area contributed by atoms with Gasteiger partial charge in [-0.2, -0.15) is 0 Å². The monoisotopic (exact) mass is 697 g/mol. The number of rotatable bonds is 24. The van der Waals surface area contributed by atoms with E-state index in [1.165, 1.54) is 83.5 Å². The first-order valence-electron chi connectivity index (χ1n) is 23.7. The minimum atomic E-state index is 0.789. The molecule has 0 radical (unpaired) electrons. The second-order valence-electron chi connectivity index (χ2n) is 20.8. The number of hydrogen-bond donors (Lipinski definition) is 0. The largest absolute Gasteiger partial charge is 0.0654 e. The van der Waals surface area contributed by atoms with Crippen LogP contribution in [0.3, 0.4) is 0 Å². The van der Waals surface area contributed by atoms with Crippen molar-refractivity contribution >= 4 is 0 Å². The lowest BCUT2D eigenvalue weighted by Gasteiger charge is -2.51. The summed E-state index contributed by atoms with van der Waals surface area (Å²) >= 11 is 0. The first-order chi connectivity index (χ1) is 23.7. The Bertz CT molecular complexity index is 904. The van der Waals surface area contributed by atoms with E-state index in [2.05, 4.69) is 104 Å². The van der Waals surface area contributed by atoms with Gasteiger partial charge >= 0.3 is 0 Å². The lowest BCUT2D eigenvalue weighted by molar-refractivity contribution is -0.0175. The molecule has 0 nitrogen and oxygen atoms in total. The highest BCUT2D eigenvalue weighted by Crippen LogP contribution is 2.62. The quantitative estimate of drug-likeness (QED) is 0.0881. The average Bonchev–Trinajstić information content (AvgIpc) is 3.91. The van der Waals surface area contributed by atoms with Crippen molar-refractivity contribution in [2.45, 2.75) is 207 Å². The van der Waals surface area contributed by atoms with Crippen LogP contribution in [0.1, 0.15) is 207 Å². The molecule has 0 saturated heterocycles. The van der Waals surface area contributed by atoms with Gasteiger partial charge in [-0.1, -0.05) is 168 Å². The SMILES string of the molecule is CCCCCCCCC(C(C)CC(C)C1CC1C1C(C(C)C(C)CC)CCCC1C1CCC1C)C(C)C(C)C(C)C(C)C(C)C(C)C(C)CC. The molecule has 50 heavy (non-hydrogen) atoms. The summed E-state index contributed by atoms with van der Waals surface area (Å²) in [5, 5.41) is 0. The molecule has 3 aliphatic carbocycles. The predicted molar refractivity (Wildman–Crippen MR) is 225 cm³/mol. The molecule has 0 heteroatoms. The predicted octanol–water partition coefficient (Wildman–Crippen LogP) is 16.3. The second-order valence-corrected chi connectivity index (χ2v) is 20.8. The zero-order chi connectivity index (χ0) is 37.3. The van der Waals surface area contributed by atoms with Gasteiger partial charge in [-0.15, -0.1) is 0 Å². The molecule has 0 heterocycles. The van der Waals surface area contributed by atoms with Gasteiger partial charge in [-0.25, -0.2) is 0 Å². The van der Waals surface area contributed by atoms with E-state index in [9.17, 15) is 0 Å². The molecule has 0 aromatic rings. The lowest BCUT2D eigenvalue weighted by Crippen LogP contribution is -2.43. The van der Waals surface area contributed by atoms with Crippen molar-refractivity contribution in [3.63, 3.8) is 0 Å². The van der Waals surface area contributed by atoms with Crippen LogP contribution in [0.4, 0.5) is 0 Å². The Kier molecular flexibility index (Phi) is 18.8. The van der Waals surface area contributed by atoms with Crippen LogP contribution in [0.15, 0.2) is 0 Å². The van der Waals surface area contributed by atoms with E-state index >= 15 is 0 Å². The van der Waals surface area contributed by atoms with Crippen LogP contribution in [0.25, 0.3) is 0 Å². The van der Waals surface area contributed by atoms with Crippen LogP contribution in [-0.2, 0) is 0 Å². The molecule has 0 aliphatic heterocycles. The number of hydrogen-bond acceptors (Lipinski definition) is 0. The Hall–Kier alpha value is 0. The molecule has 3 saturated carbocycles. The first-order valence-corrected chi connectivity index (χ1v) is 23.7. The maximum atomic E-state index is 2.72. The Balaban J connectivity index is 1.73. The second kappa shape index (κ2) is 21.2. The van der Waals surface area contributed by atoms with Crippen molar-refractivity contribution in [2.24, 2.45) is 112 Å². The topological polar surface area (TPSA) is 0 Å². The molecule has 0 aromatic heterocycles. The molecule has 19 unspecified atom stereocenters. The van der Waals surface area contributed by atoms with Gasteiger partial charge in [0.15, 0.2) is 0 Å². The van der Waals surface area contributed by atoms with E-state index in [0.29, 0.717) is 0 Å². The van der Waals surface area contributed by atoms with Gasteiger partial charge < -0.3 is 0 Å². The Labute approximate surface area is 318 Å². The molecule has 0 bridgehead atoms. The van der Waals surface area contributed by atoms with Crippen molar-refractivity contribution in [3.05, 3.63) is 0 Å². The highest BCUT2D eigenvalue weighted by Gasteiger charge is 2.55. The smallest absolute Gasteiger partial charge is 0.0321 e. The van der Waals surface area contributed by atoms with Gasteiger partial charge in [-0.3, -0.25) is 0 Å². The maximum absolute atomic E-state index is 2.72. The van der Waals surface area contributed by atoms with Crippen LogP contribution in [0.5, 0.6) is 0 Å². The zero-order valence-corrected chi connectivity index (χ0v) is 37.3. The van der Waals surface area contributed by atoms with Gasteiger partial charge in [0.2, 0.25) is 0 Å². The molecule has 3 fully saturated rings. The van der Waals surface area contributed by atoms with E-state index in [4.69, 9.17) is 0 Å². The average molecular weight is 697 g/mol. The van der Waals surface area contributed by atoms with Gasteiger partial charge in [-0.05, 0) is 151 Å². The fourth-order valence-corrected chi connectivity index (χ4v) is 12.9. The molecule has 3 rings (SSSR count). The summed E-state index contributed by atoms with van der Waals surface area (Å²) < 4.78 is 0. The highest BCUT2D eigenvalue weighted by molar-refractivity contribution is 5.04. The third-order valence-corrected chi connectivity index (χ3v) is 18.4. The summed E-state index contributed by atoms with van der Waals surface area (Å²) in [5.74, 6) is 17.2. The van der Waals surface area contributed by atoms with Crippen molar-refractivity contribution in [2.75, 3.05) is 0 Å². The Morgan fingerprint density at radius 3 is 1.64 bits per heavy atom. The van der Waals surface area contributed by atoms with Crippen molar-refractivity contribution in [3.8, 4) is 0 Å². The molecule has 3 aliphatic rings. The van der Waals surface area contributed by atoms with E-state index in [1.807, 2.05) is 0 Å². The molecule has 0 aromatic carbocycles. The molecule has 0 spiro atoms. The summed E-state index contributed by atoms with van der Waals surface area (Å²) in [6, 6.07) is 0. The van der Waals surface area contributed by atoms with E-state index in [-0.39, 0.29) is 0 Å². The van der Waals surface area contributed by atoms with Crippen molar-refractivity contribution in [1.29, 1.82) is 0 Å².